The first-order valence-corrected chi connectivity index (χ1v) is 12.0. The number of nitrogens with one attached hydrogen (secondary N) is 2. The number of rotatable bonds is 6. The van der Waals surface area contributed by atoms with E-state index in [4.69, 9.17) is 27.1 Å². The summed E-state index contributed by atoms with van der Waals surface area (Å²) in [6.45, 7) is 1.98. The van der Waals surface area contributed by atoms with Crippen molar-refractivity contribution in [1.29, 1.82) is 0 Å². The average molecular weight is 492 g/mol. The zero-order valence-electron chi connectivity index (χ0n) is 19.4. The smallest absolute Gasteiger partial charge is 0.162 e. The Morgan fingerprint density at radius 1 is 1.11 bits per heavy atom. The van der Waals surface area contributed by atoms with Crippen molar-refractivity contribution in [3.8, 4) is 17.1 Å². The highest BCUT2D eigenvalue weighted by Gasteiger charge is 2.17. The fourth-order valence-corrected chi connectivity index (χ4v) is 4.72. The molecule has 35 heavy (non-hydrogen) atoms. The predicted octanol–water partition coefficient (Wildman–Crippen LogP) is 5.43. The highest BCUT2D eigenvalue weighted by atomic mass is 35.5. The van der Waals surface area contributed by atoms with E-state index in [-0.39, 0.29) is 5.82 Å². The number of hydrogen-bond acceptors (Lipinski definition) is 6. The summed E-state index contributed by atoms with van der Waals surface area (Å²) in [5.74, 6) is 1.32. The Balaban J connectivity index is 1.45. The van der Waals surface area contributed by atoms with Crippen molar-refractivity contribution in [2.75, 3.05) is 31.2 Å². The number of piperidine rings is 1. The van der Waals surface area contributed by atoms with Crippen LogP contribution in [0.2, 0.25) is 5.02 Å². The second-order valence-electron chi connectivity index (χ2n) is 8.78. The molecular formula is C27H27ClFN5O. The van der Waals surface area contributed by atoms with Gasteiger partial charge in [-0.1, -0.05) is 35.9 Å². The normalized spacial score (nSPS) is 14.3. The molecule has 0 aliphatic carbocycles. The maximum Gasteiger partial charge on any atom is 0.162 e. The predicted molar refractivity (Wildman–Crippen MR) is 140 cm³/mol. The Hall–Kier alpha value is -3.42. The molecule has 8 heteroatoms. The molecule has 3 aromatic carbocycles. The largest absolute Gasteiger partial charge is 0.495 e. The van der Waals surface area contributed by atoms with Crippen LogP contribution < -0.4 is 21.1 Å². The molecule has 0 bridgehead atoms. The average Bonchev–Trinajstić information content (AvgIpc) is 2.86. The number of halogens is 2. The molecule has 1 aliphatic rings. The van der Waals surface area contributed by atoms with E-state index in [9.17, 15) is 4.39 Å². The second-order valence-corrected chi connectivity index (χ2v) is 9.19. The zero-order valence-corrected chi connectivity index (χ0v) is 20.2. The molecule has 0 atom stereocenters. The van der Waals surface area contributed by atoms with E-state index in [1.54, 1.807) is 13.2 Å². The number of benzene rings is 3. The molecule has 4 N–H and O–H groups in total. The quantitative estimate of drug-likeness (QED) is 0.333. The van der Waals surface area contributed by atoms with Crippen molar-refractivity contribution in [2.24, 2.45) is 0 Å². The molecule has 0 spiro atoms. The summed E-state index contributed by atoms with van der Waals surface area (Å²) in [4.78, 5) is 9.31. The minimum atomic E-state index is -0.264. The number of methoxy groups -OCH3 is 1. The van der Waals surface area contributed by atoms with Gasteiger partial charge in [0, 0.05) is 28.1 Å². The van der Waals surface area contributed by atoms with E-state index in [1.807, 2.05) is 36.4 Å². The van der Waals surface area contributed by atoms with Gasteiger partial charge in [-0.2, -0.15) is 0 Å². The van der Waals surface area contributed by atoms with Crippen molar-refractivity contribution >= 4 is 34.0 Å². The Labute approximate surface area is 208 Å². The molecule has 1 fully saturated rings. The molecular weight excluding hydrogens is 465 g/mol. The van der Waals surface area contributed by atoms with E-state index < -0.39 is 0 Å². The standard InChI is InChI=1S/C27H27ClFN5O/c1-35-25-15-23-21(14-24(25)32-20-7-9-31-10-8-20)26(30)34-27(33-23)18-6-5-17(22(28)13-18)11-16-3-2-4-19(29)12-16/h2-6,12-15,20,31-32H,7-11H2,1H3,(H2,30,33,34). The highest BCUT2D eigenvalue weighted by molar-refractivity contribution is 6.31. The molecule has 1 aromatic heterocycles. The summed E-state index contributed by atoms with van der Waals surface area (Å²) in [5.41, 5.74) is 10.5. The summed E-state index contributed by atoms with van der Waals surface area (Å²) in [5, 5.41) is 8.29. The highest BCUT2D eigenvalue weighted by Crippen LogP contribution is 2.34. The van der Waals surface area contributed by atoms with Gasteiger partial charge >= 0.3 is 0 Å². The number of ether oxygens (including phenoxy) is 1. The van der Waals surface area contributed by atoms with Gasteiger partial charge in [-0.25, -0.2) is 14.4 Å². The van der Waals surface area contributed by atoms with Gasteiger partial charge in [-0.15, -0.1) is 0 Å². The summed E-state index contributed by atoms with van der Waals surface area (Å²) in [6.07, 6.45) is 2.62. The van der Waals surface area contributed by atoms with Gasteiger partial charge in [0.1, 0.15) is 17.4 Å². The fraction of sp³-hybridized carbons (Fsp3) is 0.259. The van der Waals surface area contributed by atoms with Crippen LogP contribution >= 0.6 is 11.6 Å². The summed E-state index contributed by atoms with van der Waals surface area (Å²) < 4.78 is 19.2. The van der Waals surface area contributed by atoms with Gasteiger partial charge in [-0.05, 0) is 67.7 Å². The molecule has 0 radical (unpaired) electrons. The maximum atomic E-state index is 13.5. The minimum Gasteiger partial charge on any atom is -0.495 e. The third-order valence-corrected chi connectivity index (χ3v) is 6.69. The third kappa shape index (κ3) is 5.16. The van der Waals surface area contributed by atoms with Crippen LogP contribution in [0.15, 0.2) is 54.6 Å². The number of fused-ring (bicyclic) bond motifs is 1. The SMILES string of the molecule is COc1cc2nc(-c3ccc(Cc4cccc(F)c4)c(Cl)c3)nc(N)c2cc1NC1CCNCC1. The van der Waals surface area contributed by atoms with Gasteiger partial charge in [0.25, 0.3) is 0 Å². The molecule has 1 saturated heterocycles. The van der Waals surface area contributed by atoms with Crippen LogP contribution in [0.5, 0.6) is 5.75 Å². The number of nitrogens with two attached hydrogens (primary N) is 1. The number of hydrogen-bond donors (Lipinski definition) is 3. The number of nitrogen functional groups attached to an aromatic ring is 1. The van der Waals surface area contributed by atoms with Gasteiger partial charge in [-0.3, -0.25) is 0 Å². The lowest BCUT2D eigenvalue weighted by Crippen LogP contribution is -2.35. The molecule has 180 valence electrons. The van der Waals surface area contributed by atoms with Crippen LogP contribution in [0, 0.1) is 5.82 Å². The first-order valence-electron chi connectivity index (χ1n) is 11.7. The molecule has 1 aliphatic heterocycles. The monoisotopic (exact) mass is 491 g/mol. The lowest BCUT2D eigenvalue weighted by Gasteiger charge is -2.25. The summed E-state index contributed by atoms with van der Waals surface area (Å²) in [6, 6.07) is 16.4. The maximum absolute atomic E-state index is 13.5. The molecule has 0 unspecified atom stereocenters. The topological polar surface area (TPSA) is 85.1 Å². The molecule has 0 amide bonds. The third-order valence-electron chi connectivity index (χ3n) is 6.34. The van der Waals surface area contributed by atoms with Crippen molar-refractivity contribution in [3.05, 3.63) is 76.6 Å². The van der Waals surface area contributed by atoms with Gasteiger partial charge in [0.15, 0.2) is 5.82 Å². The molecule has 4 aromatic rings. The van der Waals surface area contributed by atoms with Crippen LogP contribution in [0.25, 0.3) is 22.3 Å². The van der Waals surface area contributed by atoms with Crippen LogP contribution in [0.1, 0.15) is 24.0 Å². The number of anilines is 2. The molecule has 5 rings (SSSR count). The van der Waals surface area contributed by atoms with Crippen LogP contribution in [-0.4, -0.2) is 36.2 Å². The van der Waals surface area contributed by atoms with Gasteiger partial charge < -0.3 is 21.1 Å². The van der Waals surface area contributed by atoms with Crippen LogP contribution in [0.3, 0.4) is 0 Å². The summed E-state index contributed by atoms with van der Waals surface area (Å²) >= 11 is 6.57. The van der Waals surface area contributed by atoms with Gasteiger partial charge in [0.05, 0.1) is 18.3 Å². The lowest BCUT2D eigenvalue weighted by molar-refractivity contribution is 0.414. The second kappa shape index (κ2) is 10.1. The molecule has 2 heterocycles. The van der Waals surface area contributed by atoms with E-state index in [0.29, 0.717) is 40.4 Å². The number of aromatic nitrogens is 2. The first kappa shape index (κ1) is 23.3. The first-order chi connectivity index (χ1) is 17.0. The lowest BCUT2D eigenvalue weighted by atomic mass is 10.0. The van der Waals surface area contributed by atoms with Crippen LogP contribution in [-0.2, 0) is 6.42 Å². The van der Waals surface area contributed by atoms with Crippen molar-refractivity contribution in [1.82, 2.24) is 15.3 Å². The van der Waals surface area contributed by atoms with E-state index in [2.05, 4.69) is 15.6 Å². The molecule has 6 nitrogen and oxygen atoms in total. The van der Waals surface area contributed by atoms with Gasteiger partial charge in [0.2, 0.25) is 0 Å². The van der Waals surface area contributed by atoms with E-state index in [0.717, 1.165) is 53.7 Å². The van der Waals surface area contributed by atoms with E-state index >= 15 is 0 Å². The zero-order chi connectivity index (χ0) is 24.4. The Bertz CT molecular complexity index is 1370. The molecule has 0 saturated carbocycles. The minimum absolute atomic E-state index is 0.264. The Morgan fingerprint density at radius 2 is 1.94 bits per heavy atom. The number of nitrogens with zero attached hydrogens (tertiary/aromatic N) is 2. The Kier molecular flexibility index (Phi) is 6.70. The van der Waals surface area contributed by atoms with Crippen molar-refractivity contribution < 1.29 is 9.13 Å². The Morgan fingerprint density at radius 3 is 2.69 bits per heavy atom. The van der Waals surface area contributed by atoms with Crippen molar-refractivity contribution in [3.63, 3.8) is 0 Å². The van der Waals surface area contributed by atoms with E-state index in [1.165, 1.54) is 12.1 Å². The summed E-state index contributed by atoms with van der Waals surface area (Å²) in [7, 11) is 1.65. The van der Waals surface area contributed by atoms with Crippen molar-refractivity contribution in [2.45, 2.75) is 25.3 Å². The van der Waals surface area contributed by atoms with Crippen LogP contribution in [0.4, 0.5) is 15.9 Å². The fourth-order valence-electron chi connectivity index (χ4n) is 4.47.